The molecule has 0 aromatic heterocycles. The Kier molecular flexibility index (Phi) is 6.96. The molecule has 0 saturated heterocycles. The van der Waals surface area contributed by atoms with Crippen molar-refractivity contribution < 1.29 is 22.6 Å². The second-order valence-electron chi connectivity index (χ2n) is 4.73. The summed E-state index contributed by atoms with van der Waals surface area (Å²) in [6.45, 7) is -0.701. The molecule has 1 aliphatic rings. The minimum Gasteiger partial charge on any atom is -0.377 e. The van der Waals surface area contributed by atoms with E-state index in [1.54, 1.807) is 0 Å². The molecule has 0 aromatic carbocycles. The van der Waals surface area contributed by atoms with Gasteiger partial charge in [-0.25, -0.2) is 0 Å². The predicted octanol–water partition coefficient (Wildman–Crippen LogP) is 2.63. The SMILES string of the molecule is NC1CCCCCC1OCCCOCC(F)(F)F. The van der Waals surface area contributed by atoms with E-state index in [4.69, 9.17) is 10.5 Å². The van der Waals surface area contributed by atoms with Gasteiger partial charge in [0.15, 0.2) is 0 Å². The minimum absolute atomic E-state index is 0.0510. The van der Waals surface area contributed by atoms with Gasteiger partial charge >= 0.3 is 6.18 Å². The van der Waals surface area contributed by atoms with Crippen LogP contribution in [0.3, 0.4) is 0 Å². The first-order chi connectivity index (χ1) is 8.49. The van der Waals surface area contributed by atoms with Gasteiger partial charge in [-0.1, -0.05) is 19.3 Å². The van der Waals surface area contributed by atoms with Gasteiger partial charge in [-0.15, -0.1) is 0 Å². The lowest BCUT2D eigenvalue weighted by Gasteiger charge is -2.21. The molecule has 0 amide bonds. The lowest BCUT2D eigenvalue weighted by Crippen LogP contribution is -2.36. The topological polar surface area (TPSA) is 44.5 Å². The second-order valence-corrected chi connectivity index (χ2v) is 4.73. The van der Waals surface area contributed by atoms with E-state index in [-0.39, 0.29) is 18.8 Å². The van der Waals surface area contributed by atoms with Crippen LogP contribution in [0.25, 0.3) is 0 Å². The van der Waals surface area contributed by atoms with Crippen LogP contribution in [-0.2, 0) is 9.47 Å². The molecule has 0 bridgehead atoms. The second kappa shape index (κ2) is 7.96. The molecule has 1 aliphatic carbocycles. The Morgan fingerprint density at radius 3 is 2.50 bits per heavy atom. The standard InChI is InChI=1S/C12H22F3NO2/c13-12(14,15)9-17-7-4-8-18-11-6-3-1-2-5-10(11)16/h10-11H,1-9,16H2. The summed E-state index contributed by atoms with van der Waals surface area (Å²) in [4.78, 5) is 0. The number of halogens is 3. The summed E-state index contributed by atoms with van der Waals surface area (Å²) in [6, 6.07) is 0.0589. The third-order valence-electron chi connectivity index (χ3n) is 3.03. The van der Waals surface area contributed by atoms with E-state index in [9.17, 15) is 13.2 Å². The first-order valence-electron chi connectivity index (χ1n) is 6.51. The first-order valence-corrected chi connectivity index (χ1v) is 6.51. The summed E-state index contributed by atoms with van der Waals surface area (Å²) in [5.74, 6) is 0. The summed E-state index contributed by atoms with van der Waals surface area (Å²) < 4.78 is 45.5. The van der Waals surface area contributed by atoms with Crippen LogP contribution in [0.1, 0.15) is 38.5 Å². The summed E-state index contributed by atoms with van der Waals surface area (Å²) in [5.41, 5.74) is 5.97. The van der Waals surface area contributed by atoms with E-state index in [1.165, 1.54) is 6.42 Å². The third-order valence-corrected chi connectivity index (χ3v) is 3.03. The minimum atomic E-state index is -4.25. The summed E-state index contributed by atoms with van der Waals surface area (Å²) in [5, 5.41) is 0. The van der Waals surface area contributed by atoms with E-state index in [0.29, 0.717) is 13.0 Å². The molecule has 2 unspecified atom stereocenters. The highest BCUT2D eigenvalue weighted by Gasteiger charge is 2.27. The lowest BCUT2D eigenvalue weighted by molar-refractivity contribution is -0.174. The Balaban J connectivity index is 2.03. The van der Waals surface area contributed by atoms with Gasteiger partial charge in [-0.2, -0.15) is 13.2 Å². The van der Waals surface area contributed by atoms with Crippen molar-refractivity contribution in [2.45, 2.75) is 56.8 Å². The van der Waals surface area contributed by atoms with Crippen LogP contribution in [0.5, 0.6) is 0 Å². The Labute approximate surface area is 106 Å². The van der Waals surface area contributed by atoms with Crippen LogP contribution >= 0.6 is 0 Å². The van der Waals surface area contributed by atoms with Crippen LogP contribution < -0.4 is 5.73 Å². The smallest absolute Gasteiger partial charge is 0.377 e. The highest BCUT2D eigenvalue weighted by atomic mass is 19.4. The Hall–Kier alpha value is -0.330. The molecule has 0 spiro atoms. The largest absolute Gasteiger partial charge is 0.411 e. The quantitative estimate of drug-likeness (QED) is 0.595. The van der Waals surface area contributed by atoms with Crippen molar-refractivity contribution in [3.63, 3.8) is 0 Å². The number of hydrogen-bond donors (Lipinski definition) is 1. The first kappa shape index (κ1) is 15.7. The zero-order valence-electron chi connectivity index (χ0n) is 10.5. The summed E-state index contributed by atoms with van der Waals surface area (Å²) in [6.07, 6.45) is 1.62. The molecule has 1 fully saturated rings. The molecule has 0 radical (unpaired) electrons. The molecule has 2 N–H and O–H groups in total. The zero-order valence-corrected chi connectivity index (χ0v) is 10.5. The van der Waals surface area contributed by atoms with Crippen LogP contribution in [-0.4, -0.2) is 38.1 Å². The molecule has 6 heteroatoms. The molecule has 1 rings (SSSR count). The van der Waals surface area contributed by atoms with Crippen molar-refractivity contribution in [2.75, 3.05) is 19.8 Å². The van der Waals surface area contributed by atoms with Gasteiger partial charge in [0, 0.05) is 19.3 Å². The Morgan fingerprint density at radius 1 is 1.06 bits per heavy atom. The van der Waals surface area contributed by atoms with Crippen molar-refractivity contribution in [3.05, 3.63) is 0 Å². The fourth-order valence-corrected chi connectivity index (χ4v) is 2.09. The van der Waals surface area contributed by atoms with Gasteiger partial charge in [-0.3, -0.25) is 0 Å². The molecule has 18 heavy (non-hydrogen) atoms. The van der Waals surface area contributed by atoms with E-state index in [0.717, 1.165) is 25.7 Å². The van der Waals surface area contributed by atoms with Crippen molar-refractivity contribution in [2.24, 2.45) is 5.73 Å². The van der Waals surface area contributed by atoms with E-state index >= 15 is 0 Å². The van der Waals surface area contributed by atoms with Gasteiger partial charge in [0.2, 0.25) is 0 Å². The average Bonchev–Trinajstić information content (AvgIpc) is 2.47. The maximum atomic E-state index is 11.8. The summed E-state index contributed by atoms with van der Waals surface area (Å²) >= 11 is 0. The van der Waals surface area contributed by atoms with Gasteiger partial charge in [-0.05, 0) is 19.3 Å². The van der Waals surface area contributed by atoms with E-state index in [2.05, 4.69) is 4.74 Å². The number of rotatable bonds is 6. The van der Waals surface area contributed by atoms with Crippen LogP contribution in [0.4, 0.5) is 13.2 Å². The third kappa shape index (κ3) is 7.18. The van der Waals surface area contributed by atoms with Gasteiger partial charge in [0.05, 0.1) is 6.10 Å². The van der Waals surface area contributed by atoms with E-state index in [1.807, 2.05) is 0 Å². The maximum absolute atomic E-state index is 11.8. The van der Waals surface area contributed by atoms with Gasteiger partial charge in [0.1, 0.15) is 6.61 Å². The molecule has 2 atom stereocenters. The number of nitrogens with two attached hydrogens (primary N) is 1. The molecule has 108 valence electrons. The lowest BCUT2D eigenvalue weighted by atomic mass is 10.1. The van der Waals surface area contributed by atoms with Crippen molar-refractivity contribution >= 4 is 0 Å². The number of alkyl halides is 3. The predicted molar refractivity (Wildman–Crippen MR) is 62.3 cm³/mol. The molecule has 1 saturated carbocycles. The highest BCUT2D eigenvalue weighted by Crippen LogP contribution is 2.19. The number of hydrogen-bond acceptors (Lipinski definition) is 3. The molecule has 0 aromatic rings. The van der Waals surface area contributed by atoms with Crippen molar-refractivity contribution in [1.82, 2.24) is 0 Å². The summed E-state index contributed by atoms with van der Waals surface area (Å²) in [7, 11) is 0. The number of ether oxygens (including phenoxy) is 2. The van der Waals surface area contributed by atoms with E-state index < -0.39 is 12.8 Å². The maximum Gasteiger partial charge on any atom is 0.411 e. The molecular formula is C12H22F3NO2. The van der Waals surface area contributed by atoms with Crippen LogP contribution in [0.2, 0.25) is 0 Å². The van der Waals surface area contributed by atoms with Gasteiger partial charge in [0.25, 0.3) is 0 Å². The van der Waals surface area contributed by atoms with Crippen molar-refractivity contribution in [3.8, 4) is 0 Å². The highest BCUT2D eigenvalue weighted by molar-refractivity contribution is 4.76. The fourth-order valence-electron chi connectivity index (χ4n) is 2.09. The fraction of sp³-hybridized carbons (Fsp3) is 1.00. The van der Waals surface area contributed by atoms with Crippen LogP contribution in [0.15, 0.2) is 0 Å². The molecule has 3 nitrogen and oxygen atoms in total. The van der Waals surface area contributed by atoms with Crippen LogP contribution in [0, 0.1) is 0 Å². The zero-order chi connectivity index (χ0) is 13.4. The Morgan fingerprint density at radius 2 is 1.78 bits per heavy atom. The van der Waals surface area contributed by atoms with Gasteiger partial charge < -0.3 is 15.2 Å². The van der Waals surface area contributed by atoms with Crippen molar-refractivity contribution in [1.29, 1.82) is 0 Å². The molecular weight excluding hydrogens is 247 g/mol. The Bertz CT molecular complexity index is 224. The molecule has 0 heterocycles. The average molecular weight is 269 g/mol. The monoisotopic (exact) mass is 269 g/mol. The normalized spacial score (nSPS) is 26.0. The molecule has 0 aliphatic heterocycles.